The third kappa shape index (κ3) is 1.30. The van der Waals surface area contributed by atoms with E-state index in [9.17, 15) is 4.79 Å². The second-order valence-electron chi connectivity index (χ2n) is 2.81. The quantitative estimate of drug-likeness (QED) is 0.563. The lowest BCUT2D eigenvalue weighted by molar-refractivity contribution is -0.120. The molecule has 9 heavy (non-hydrogen) atoms. The Morgan fingerprint density at radius 1 is 1.56 bits per heavy atom. The standard InChI is InChI=1S/C7H13NO/c1-5(9)6-3-2-4-7(6)8/h6-7H,2-4,8H2,1H3. The average molecular weight is 127 g/mol. The highest BCUT2D eigenvalue weighted by Gasteiger charge is 2.26. The Morgan fingerprint density at radius 3 is 2.44 bits per heavy atom. The molecule has 0 bridgehead atoms. The number of hydrogen-bond donors (Lipinski definition) is 1. The molecule has 0 spiro atoms. The molecule has 0 saturated heterocycles. The van der Waals surface area contributed by atoms with Gasteiger partial charge in [0, 0.05) is 12.0 Å². The van der Waals surface area contributed by atoms with E-state index in [0.717, 1.165) is 19.3 Å². The highest BCUT2D eigenvalue weighted by molar-refractivity contribution is 5.79. The van der Waals surface area contributed by atoms with Crippen LogP contribution in [0.5, 0.6) is 0 Å². The number of Topliss-reactive ketones (excluding diaryl/α,β-unsaturated/α-hetero) is 1. The van der Waals surface area contributed by atoms with Crippen LogP contribution in [0, 0.1) is 5.92 Å². The molecule has 2 atom stereocenters. The summed E-state index contributed by atoms with van der Waals surface area (Å²) in [6.07, 6.45) is 3.17. The molecule has 0 aromatic carbocycles. The van der Waals surface area contributed by atoms with Gasteiger partial charge < -0.3 is 5.73 Å². The van der Waals surface area contributed by atoms with Gasteiger partial charge >= 0.3 is 0 Å². The molecule has 0 heterocycles. The monoisotopic (exact) mass is 127 g/mol. The van der Waals surface area contributed by atoms with E-state index in [1.165, 1.54) is 0 Å². The fourth-order valence-corrected chi connectivity index (χ4v) is 1.49. The highest BCUT2D eigenvalue weighted by Crippen LogP contribution is 2.24. The summed E-state index contributed by atoms with van der Waals surface area (Å²) >= 11 is 0. The van der Waals surface area contributed by atoms with E-state index in [4.69, 9.17) is 5.73 Å². The molecule has 2 N–H and O–H groups in total. The smallest absolute Gasteiger partial charge is 0.134 e. The molecule has 0 aromatic heterocycles. The second-order valence-corrected chi connectivity index (χ2v) is 2.81. The summed E-state index contributed by atoms with van der Waals surface area (Å²) in [6, 6.07) is 0.155. The number of nitrogens with two attached hydrogens (primary N) is 1. The molecule has 2 nitrogen and oxygen atoms in total. The van der Waals surface area contributed by atoms with Crippen LogP contribution in [0.3, 0.4) is 0 Å². The summed E-state index contributed by atoms with van der Waals surface area (Å²) in [4.78, 5) is 10.8. The third-order valence-corrected chi connectivity index (χ3v) is 2.09. The molecule has 52 valence electrons. The number of hydrogen-bond acceptors (Lipinski definition) is 2. The highest BCUT2D eigenvalue weighted by atomic mass is 16.1. The van der Waals surface area contributed by atoms with E-state index in [-0.39, 0.29) is 17.7 Å². The van der Waals surface area contributed by atoms with Crippen LogP contribution in [0.15, 0.2) is 0 Å². The van der Waals surface area contributed by atoms with Crippen LogP contribution in [0.2, 0.25) is 0 Å². The van der Waals surface area contributed by atoms with Crippen molar-refractivity contribution in [1.82, 2.24) is 0 Å². The molecule has 1 aliphatic carbocycles. The van der Waals surface area contributed by atoms with Gasteiger partial charge in [0.05, 0.1) is 0 Å². The normalized spacial score (nSPS) is 34.9. The second kappa shape index (κ2) is 2.48. The molecular weight excluding hydrogens is 114 g/mol. The van der Waals surface area contributed by atoms with Crippen molar-refractivity contribution in [2.24, 2.45) is 11.7 Å². The minimum Gasteiger partial charge on any atom is -0.327 e. The van der Waals surface area contributed by atoms with E-state index >= 15 is 0 Å². The lowest BCUT2D eigenvalue weighted by Gasteiger charge is -2.09. The predicted octanol–water partition coefficient (Wildman–Crippen LogP) is 0.703. The van der Waals surface area contributed by atoms with E-state index in [1.54, 1.807) is 6.92 Å². The van der Waals surface area contributed by atoms with Gasteiger partial charge in [-0.05, 0) is 19.8 Å². The lowest BCUT2D eigenvalue weighted by Crippen LogP contribution is -2.28. The van der Waals surface area contributed by atoms with Gasteiger partial charge in [-0.2, -0.15) is 0 Å². The molecule has 2 unspecified atom stereocenters. The Bertz CT molecular complexity index is 122. The Morgan fingerprint density at radius 2 is 2.22 bits per heavy atom. The van der Waals surface area contributed by atoms with Gasteiger partial charge in [-0.3, -0.25) is 4.79 Å². The van der Waals surface area contributed by atoms with Gasteiger partial charge in [-0.15, -0.1) is 0 Å². The van der Waals surface area contributed by atoms with Crippen molar-refractivity contribution in [2.45, 2.75) is 32.2 Å². The van der Waals surface area contributed by atoms with Crippen molar-refractivity contribution in [3.63, 3.8) is 0 Å². The lowest BCUT2D eigenvalue weighted by atomic mass is 10.0. The number of rotatable bonds is 1. The average Bonchev–Trinajstić information content (AvgIpc) is 2.13. The summed E-state index contributed by atoms with van der Waals surface area (Å²) in [5.74, 6) is 0.435. The third-order valence-electron chi connectivity index (χ3n) is 2.09. The molecule has 0 radical (unpaired) electrons. The van der Waals surface area contributed by atoms with Gasteiger partial charge in [0.15, 0.2) is 0 Å². The zero-order valence-corrected chi connectivity index (χ0v) is 5.76. The SMILES string of the molecule is CC(=O)C1CCCC1N. The van der Waals surface area contributed by atoms with Crippen LogP contribution in [0.25, 0.3) is 0 Å². The zero-order chi connectivity index (χ0) is 6.85. The topological polar surface area (TPSA) is 43.1 Å². The van der Waals surface area contributed by atoms with Crippen molar-refractivity contribution in [2.75, 3.05) is 0 Å². The van der Waals surface area contributed by atoms with Gasteiger partial charge in [0.1, 0.15) is 5.78 Å². The fourth-order valence-electron chi connectivity index (χ4n) is 1.49. The number of ketones is 1. The first kappa shape index (κ1) is 6.75. The molecular formula is C7H13NO. The fraction of sp³-hybridized carbons (Fsp3) is 0.857. The summed E-state index contributed by atoms with van der Waals surface area (Å²) in [5.41, 5.74) is 5.66. The van der Waals surface area contributed by atoms with E-state index in [0.29, 0.717) is 0 Å². The van der Waals surface area contributed by atoms with Crippen molar-refractivity contribution in [3.05, 3.63) is 0 Å². The summed E-state index contributed by atoms with van der Waals surface area (Å²) in [5, 5.41) is 0. The van der Waals surface area contributed by atoms with E-state index in [2.05, 4.69) is 0 Å². The predicted molar refractivity (Wildman–Crippen MR) is 36.0 cm³/mol. The maximum Gasteiger partial charge on any atom is 0.134 e. The van der Waals surface area contributed by atoms with Crippen molar-refractivity contribution >= 4 is 5.78 Å². The van der Waals surface area contributed by atoms with Crippen LogP contribution in [0.1, 0.15) is 26.2 Å². The van der Waals surface area contributed by atoms with Crippen molar-refractivity contribution in [1.29, 1.82) is 0 Å². The Hall–Kier alpha value is -0.370. The molecule has 0 amide bonds. The summed E-state index contributed by atoms with van der Waals surface area (Å²) in [6.45, 7) is 1.63. The van der Waals surface area contributed by atoms with Crippen LogP contribution >= 0.6 is 0 Å². The minimum atomic E-state index is 0.155. The molecule has 0 aliphatic heterocycles. The first-order valence-corrected chi connectivity index (χ1v) is 3.48. The van der Waals surface area contributed by atoms with E-state index < -0.39 is 0 Å². The number of carbonyl (C=O) groups is 1. The largest absolute Gasteiger partial charge is 0.327 e. The minimum absolute atomic E-state index is 0.155. The first-order valence-electron chi connectivity index (χ1n) is 3.48. The molecule has 1 aliphatic rings. The maximum absolute atomic E-state index is 10.8. The Labute approximate surface area is 55.4 Å². The molecule has 1 rings (SSSR count). The molecule has 1 saturated carbocycles. The van der Waals surface area contributed by atoms with Crippen LogP contribution in [0.4, 0.5) is 0 Å². The molecule has 1 fully saturated rings. The van der Waals surface area contributed by atoms with Crippen molar-refractivity contribution in [3.8, 4) is 0 Å². The zero-order valence-electron chi connectivity index (χ0n) is 5.76. The van der Waals surface area contributed by atoms with Gasteiger partial charge in [0.2, 0.25) is 0 Å². The van der Waals surface area contributed by atoms with Crippen LogP contribution in [-0.4, -0.2) is 11.8 Å². The van der Waals surface area contributed by atoms with E-state index in [1.807, 2.05) is 0 Å². The first-order chi connectivity index (χ1) is 4.22. The van der Waals surface area contributed by atoms with Gasteiger partial charge in [0.25, 0.3) is 0 Å². The maximum atomic E-state index is 10.8. The molecule has 0 aromatic rings. The Kier molecular flexibility index (Phi) is 1.86. The number of carbonyl (C=O) groups excluding carboxylic acids is 1. The Balaban J connectivity index is 2.49. The van der Waals surface area contributed by atoms with Gasteiger partial charge in [-0.25, -0.2) is 0 Å². The summed E-state index contributed by atoms with van der Waals surface area (Å²) < 4.78 is 0. The van der Waals surface area contributed by atoms with Gasteiger partial charge in [-0.1, -0.05) is 6.42 Å². The summed E-state index contributed by atoms with van der Waals surface area (Å²) in [7, 11) is 0. The molecule has 2 heteroatoms. The van der Waals surface area contributed by atoms with Crippen LogP contribution in [-0.2, 0) is 4.79 Å². The van der Waals surface area contributed by atoms with Crippen molar-refractivity contribution < 1.29 is 4.79 Å². The van der Waals surface area contributed by atoms with Crippen LogP contribution < -0.4 is 5.73 Å².